The summed E-state index contributed by atoms with van der Waals surface area (Å²) in [7, 11) is 0. The lowest BCUT2D eigenvalue weighted by Gasteiger charge is -2.62. The fourth-order valence-electron chi connectivity index (χ4n) is 4.95. The van der Waals surface area contributed by atoms with Crippen LogP contribution in [-0.2, 0) is 6.54 Å². The zero-order valence-electron chi connectivity index (χ0n) is 12.2. The van der Waals surface area contributed by atoms with Gasteiger partial charge in [-0.1, -0.05) is 13.8 Å². The summed E-state index contributed by atoms with van der Waals surface area (Å²) in [5, 5.41) is 0. The molecule has 2 aromatic heterocycles. The first-order chi connectivity index (χ1) is 9.46. The third-order valence-corrected chi connectivity index (χ3v) is 5.12. The Balaban J connectivity index is 1.52. The summed E-state index contributed by atoms with van der Waals surface area (Å²) in [6, 6.07) is 1.63. The van der Waals surface area contributed by atoms with E-state index in [0.29, 0.717) is 16.7 Å². The maximum atomic E-state index is 12.1. The normalized spacial score (nSPS) is 23.7. The molecule has 0 aromatic carbocycles. The Morgan fingerprint density at radius 3 is 2.75 bits per heavy atom. The van der Waals surface area contributed by atoms with E-state index in [1.807, 2.05) is 15.2 Å². The van der Waals surface area contributed by atoms with E-state index in [9.17, 15) is 4.79 Å². The van der Waals surface area contributed by atoms with Crippen molar-refractivity contribution in [3.05, 3.63) is 35.0 Å². The smallest absolute Gasteiger partial charge is 0.254 e. The van der Waals surface area contributed by atoms with Gasteiger partial charge in [-0.25, -0.2) is 4.98 Å². The molecule has 2 aliphatic rings. The van der Waals surface area contributed by atoms with Crippen LogP contribution in [0.5, 0.6) is 0 Å². The maximum Gasteiger partial charge on any atom is 0.254 e. The highest BCUT2D eigenvalue weighted by molar-refractivity contribution is 5.29. The van der Waals surface area contributed by atoms with Gasteiger partial charge in [0.2, 0.25) is 5.78 Å². The zero-order valence-corrected chi connectivity index (χ0v) is 12.2. The molecule has 2 saturated carbocycles. The minimum Gasteiger partial charge on any atom is -0.292 e. The molecule has 2 aromatic rings. The Morgan fingerprint density at radius 1 is 1.30 bits per heavy atom. The molecule has 4 heteroatoms. The fourth-order valence-corrected chi connectivity index (χ4v) is 4.95. The Hall–Kier alpha value is -1.58. The van der Waals surface area contributed by atoms with E-state index in [2.05, 4.69) is 18.8 Å². The molecule has 0 saturated heterocycles. The van der Waals surface area contributed by atoms with Crippen molar-refractivity contribution in [1.82, 2.24) is 14.0 Å². The van der Waals surface area contributed by atoms with Crippen molar-refractivity contribution in [2.45, 2.75) is 46.1 Å². The molecule has 0 amide bonds. The van der Waals surface area contributed by atoms with Gasteiger partial charge < -0.3 is 0 Å². The molecule has 0 radical (unpaired) electrons. The molecule has 4 rings (SSSR count). The average molecular weight is 271 g/mol. The van der Waals surface area contributed by atoms with Crippen molar-refractivity contribution in [3.63, 3.8) is 0 Å². The van der Waals surface area contributed by atoms with Crippen LogP contribution in [0.4, 0.5) is 0 Å². The first kappa shape index (κ1) is 12.2. The number of aromatic nitrogens is 3. The highest BCUT2D eigenvalue weighted by Crippen LogP contribution is 2.66. The van der Waals surface area contributed by atoms with Gasteiger partial charge in [-0.3, -0.25) is 13.8 Å². The van der Waals surface area contributed by atoms with E-state index in [1.54, 1.807) is 18.5 Å². The number of hydrogen-bond donors (Lipinski definition) is 0. The standard InChI is InChI=1S/C16H21N3O/c1-15(2)10-16(11-15)7-12(8-16)9-19-13(20)3-5-18-6-4-17-14(18)19/h3-6,12H,7-11H2,1-2H3. The van der Waals surface area contributed by atoms with Gasteiger partial charge in [0.1, 0.15) is 0 Å². The monoisotopic (exact) mass is 271 g/mol. The topological polar surface area (TPSA) is 39.3 Å². The van der Waals surface area contributed by atoms with Crippen molar-refractivity contribution >= 4 is 5.78 Å². The van der Waals surface area contributed by atoms with E-state index in [-0.39, 0.29) is 5.56 Å². The van der Waals surface area contributed by atoms with E-state index in [1.165, 1.54) is 25.7 Å². The van der Waals surface area contributed by atoms with Crippen molar-refractivity contribution in [1.29, 1.82) is 0 Å². The Morgan fingerprint density at radius 2 is 2.05 bits per heavy atom. The number of nitrogens with zero attached hydrogens (tertiary/aromatic N) is 3. The fraction of sp³-hybridized carbons (Fsp3) is 0.625. The summed E-state index contributed by atoms with van der Waals surface area (Å²) >= 11 is 0. The average Bonchev–Trinajstić information content (AvgIpc) is 2.75. The maximum absolute atomic E-state index is 12.1. The predicted octanol–water partition coefficient (Wildman–Crippen LogP) is 2.71. The molecule has 4 nitrogen and oxygen atoms in total. The van der Waals surface area contributed by atoms with Gasteiger partial charge in [0.25, 0.3) is 5.56 Å². The summed E-state index contributed by atoms with van der Waals surface area (Å²) in [4.78, 5) is 16.4. The first-order valence-corrected chi connectivity index (χ1v) is 7.49. The second kappa shape index (κ2) is 3.74. The van der Waals surface area contributed by atoms with Crippen molar-refractivity contribution in [2.75, 3.05) is 0 Å². The lowest BCUT2D eigenvalue weighted by Crippen LogP contribution is -2.52. The van der Waals surface area contributed by atoms with Crippen molar-refractivity contribution in [3.8, 4) is 0 Å². The van der Waals surface area contributed by atoms with Gasteiger partial charge in [0.15, 0.2) is 0 Å². The lowest BCUT2D eigenvalue weighted by atomic mass is 9.44. The highest BCUT2D eigenvalue weighted by atomic mass is 16.1. The van der Waals surface area contributed by atoms with Crippen LogP contribution in [0.1, 0.15) is 39.5 Å². The van der Waals surface area contributed by atoms with Crippen LogP contribution in [0.15, 0.2) is 29.5 Å². The minimum absolute atomic E-state index is 0.0681. The second-order valence-corrected chi connectivity index (χ2v) is 7.69. The van der Waals surface area contributed by atoms with Crippen LogP contribution < -0.4 is 5.56 Å². The molecular weight excluding hydrogens is 250 g/mol. The third kappa shape index (κ3) is 1.74. The number of hydrogen-bond acceptors (Lipinski definition) is 2. The molecule has 0 bridgehead atoms. The van der Waals surface area contributed by atoms with Crippen LogP contribution >= 0.6 is 0 Å². The van der Waals surface area contributed by atoms with Crippen LogP contribution in [0, 0.1) is 16.7 Å². The van der Waals surface area contributed by atoms with Crippen LogP contribution in [-0.4, -0.2) is 14.0 Å². The molecule has 0 unspecified atom stereocenters. The Bertz CT molecular complexity index is 709. The highest BCUT2D eigenvalue weighted by Gasteiger charge is 2.55. The molecule has 0 atom stereocenters. The summed E-state index contributed by atoms with van der Waals surface area (Å²) in [6.45, 7) is 5.55. The van der Waals surface area contributed by atoms with Gasteiger partial charge in [-0.2, -0.15) is 0 Å². The largest absolute Gasteiger partial charge is 0.292 e. The van der Waals surface area contributed by atoms with Gasteiger partial charge in [0.05, 0.1) is 0 Å². The molecule has 106 valence electrons. The molecule has 2 aliphatic carbocycles. The van der Waals surface area contributed by atoms with Gasteiger partial charge in [-0.05, 0) is 42.4 Å². The molecule has 20 heavy (non-hydrogen) atoms. The Kier molecular flexibility index (Phi) is 2.28. The number of rotatable bonds is 2. The van der Waals surface area contributed by atoms with E-state index in [4.69, 9.17) is 0 Å². The van der Waals surface area contributed by atoms with Crippen LogP contribution in [0.25, 0.3) is 5.78 Å². The molecule has 2 heterocycles. The molecule has 0 N–H and O–H groups in total. The molecule has 0 aliphatic heterocycles. The van der Waals surface area contributed by atoms with Crippen molar-refractivity contribution < 1.29 is 0 Å². The summed E-state index contributed by atoms with van der Waals surface area (Å²) in [5.41, 5.74) is 1.22. The van der Waals surface area contributed by atoms with Gasteiger partial charge in [0, 0.05) is 31.2 Å². The molecule has 2 fully saturated rings. The SMILES string of the molecule is CC1(C)CC2(CC(Cn3c(=O)ccn4ccnc34)C2)C1. The summed E-state index contributed by atoms with van der Waals surface area (Å²) < 4.78 is 3.75. The summed E-state index contributed by atoms with van der Waals surface area (Å²) in [6.07, 6.45) is 10.7. The van der Waals surface area contributed by atoms with Crippen molar-refractivity contribution in [2.24, 2.45) is 16.7 Å². The van der Waals surface area contributed by atoms with Gasteiger partial charge in [-0.15, -0.1) is 0 Å². The lowest BCUT2D eigenvalue weighted by molar-refractivity contribution is -0.113. The van der Waals surface area contributed by atoms with E-state index < -0.39 is 0 Å². The minimum atomic E-state index is 0.0681. The third-order valence-electron chi connectivity index (χ3n) is 5.12. The molecule has 1 spiro atoms. The number of fused-ring (bicyclic) bond motifs is 1. The van der Waals surface area contributed by atoms with E-state index >= 15 is 0 Å². The summed E-state index contributed by atoms with van der Waals surface area (Å²) in [5.74, 6) is 1.42. The van der Waals surface area contributed by atoms with E-state index in [0.717, 1.165) is 12.3 Å². The first-order valence-electron chi connectivity index (χ1n) is 7.49. The Labute approximate surface area is 118 Å². The zero-order chi connectivity index (χ0) is 14.0. The number of imidazole rings is 1. The second-order valence-electron chi connectivity index (χ2n) is 7.69. The quantitative estimate of drug-likeness (QED) is 0.842. The molecular formula is C16H21N3O. The van der Waals surface area contributed by atoms with Crippen LogP contribution in [0.2, 0.25) is 0 Å². The van der Waals surface area contributed by atoms with Gasteiger partial charge >= 0.3 is 0 Å². The van der Waals surface area contributed by atoms with Crippen LogP contribution in [0.3, 0.4) is 0 Å². The predicted molar refractivity (Wildman–Crippen MR) is 77.6 cm³/mol.